The second-order valence-electron chi connectivity index (χ2n) is 5.83. The third kappa shape index (κ3) is 3.71. The second kappa shape index (κ2) is 7.21. The molecule has 0 spiro atoms. The number of pyridine rings is 1. The molecule has 5 heteroatoms. The molecule has 5 nitrogen and oxygen atoms in total. The van der Waals surface area contributed by atoms with E-state index in [2.05, 4.69) is 10.3 Å². The van der Waals surface area contributed by atoms with Gasteiger partial charge in [-0.3, -0.25) is 9.78 Å². The third-order valence-corrected chi connectivity index (χ3v) is 4.03. The Morgan fingerprint density at radius 2 is 2.20 bits per heavy atom. The molecule has 25 heavy (non-hydrogen) atoms. The molecule has 0 saturated heterocycles. The summed E-state index contributed by atoms with van der Waals surface area (Å²) >= 11 is 0. The molecule has 0 atom stereocenters. The number of ether oxygens (including phenoxy) is 1. The average Bonchev–Trinajstić information content (AvgIpc) is 3.00. The summed E-state index contributed by atoms with van der Waals surface area (Å²) in [5, 5.41) is 3.86. The zero-order valence-electron chi connectivity index (χ0n) is 14.5. The number of rotatable bonds is 5. The SMILES string of the molecule is COc1cc2occ(C)c2cc1/C(C)=C/C(=O)NCc1ccccn1. The molecule has 2 aromatic heterocycles. The third-order valence-electron chi connectivity index (χ3n) is 4.03. The number of hydrogen-bond donors (Lipinski definition) is 1. The zero-order valence-corrected chi connectivity index (χ0v) is 14.5. The van der Waals surface area contributed by atoms with Crippen LogP contribution in [0.4, 0.5) is 0 Å². The van der Waals surface area contributed by atoms with E-state index in [9.17, 15) is 4.79 Å². The number of carbonyl (C=O) groups excluding carboxylic acids is 1. The number of allylic oxidation sites excluding steroid dienone is 1. The quantitative estimate of drug-likeness (QED) is 0.719. The predicted molar refractivity (Wildman–Crippen MR) is 97.2 cm³/mol. The van der Waals surface area contributed by atoms with Gasteiger partial charge in [0, 0.05) is 29.3 Å². The van der Waals surface area contributed by atoms with Crippen molar-refractivity contribution < 1.29 is 13.9 Å². The molecular weight excluding hydrogens is 316 g/mol. The number of amides is 1. The summed E-state index contributed by atoms with van der Waals surface area (Å²) in [5.74, 6) is 0.502. The van der Waals surface area contributed by atoms with Gasteiger partial charge in [-0.25, -0.2) is 0 Å². The summed E-state index contributed by atoms with van der Waals surface area (Å²) in [6.45, 7) is 4.26. The van der Waals surface area contributed by atoms with E-state index >= 15 is 0 Å². The maximum absolute atomic E-state index is 12.2. The van der Waals surface area contributed by atoms with Crippen LogP contribution in [0.5, 0.6) is 5.75 Å². The highest BCUT2D eigenvalue weighted by Crippen LogP contribution is 2.33. The Labute approximate surface area is 146 Å². The Bertz CT molecular complexity index is 927. The standard InChI is InChI=1S/C20H20N2O3/c1-13(8-20(23)22-11-15-6-4-5-7-21-15)16-9-17-14(2)12-25-19(17)10-18(16)24-3/h4-10,12H,11H2,1-3H3,(H,22,23)/b13-8+. The van der Waals surface area contributed by atoms with E-state index in [-0.39, 0.29) is 5.91 Å². The lowest BCUT2D eigenvalue weighted by atomic mass is 10.0. The first-order valence-electron chi connectivity index (χ1n) is 8.00. The monoisotopic (exact) mass is 336 g/mol. The fourth-order valence-electron chi connectivity index (χ4n) is 2.67. The summed E-state index contributed by atoms with van der Waals surface area (Å²) in [4.78, 5) is 16.4. The number of benzene rings is 1. The molecule has 0 radical (unpaired) electrons. The molecule has 1 aromatic carbocycles. The number of nitrogens with zero attached hydrogens (tertiary/aromatic N) is 1. The Kier molecular flexibility index (Phi) is 4.84. The summed E-state index contributed by atoms with van der Waals surface area (Å²) in [5.41, 5.74) is 4.32. The van der Waals surface area contributed by atoms with Crippen molar-refractivity contribution in [3.8, 4) is 5.75 Å². The van der Waals surface area contributed by atoms with Gasteiger partial charge < -0.3 is 14.5 Å². The number of methoxy groups -OCH3 is 1. The first-order chi connectivity index (χ1) is 12.1. The maximum atomic E-state index is 12.2. The first-order valence-corrected chi connectivity index (χ1v) is 8.00. The van der Waals surface area contributed by atoms with Crippen LogP contribution < -0.4 is 10.1 Å². The van der Waals surface area contributed by atoms with Gasteiger partial charge in [0.25, 0.3) is 0 Å². The van der Waals surface area contributed by atoms with Crippen molar-refractivity contribution in [1.82, 2.24) is 10.3 Å². The van der Waals surface area contributed by atoms with E-state index in [1.54, 1.807) is 25.6 Å². The van der Waals surface area contributed by atoms with Crippen molar-refractivity contribution in [1.29, 1.82) is 0 Å². The minimum absolute atomic E-state index is 0.172. The minimum atomic E-state index is -0.172. The van der Waals surface area contributed by atoms with Crippen LogP contribution in [0.3, 0.4) is 0 Å². The van der Waals surface area contributed by atoms with Crippen molar-refractivity contribution in [2.45, 2.75) is 20.4 Å². The van der Waals surface area contributed by atoms with Gasteiger partial charge in [-0.2, -0.15) is 0 Å². The second-order valence-corrected chi connectivity index (χ2v) is 5.83. The maximum Gasteiger partial charge on any atom is 0.244 e. The van der Waals surface area contributed by atoms with Crippen molar-refractivity contribution in [2.75, 3.05) is 7.11 Å². The van der Waals surface area contributed by atoms with Crippen LogP contribution in [-0.4, -0.2) is 18.0 Å². The van der Waals surface area contributed by atoms with Crippen LogP contribution in [-0.2, 0) is 11.3 Å². The van der Waals surface area contributed by atoms with E-state index in [0.717, 1.165) is 33.4 Å². The highest BCUT2D eigenvalue weighted by atomic mass is 16.5. The van der Waals surface area contributed by atoms with Crippen molar-refractivity contribution >= 4 is 22.4 Å². The minimum Gasteiger partial charge on any atom is -0.496 e. The van der Waals surface area contributed by atoms with E-state index in [1.807, 2.05) is 44.2 Å². The molecular formula is C20H20N2O3. The van der Waals surface area contributed by atoms with E-state index in [4.69, 9.17) is 9.15 Å². The number of carbonyl (C=O) groups is 1. The molecule has 128 valence electrons. The van der Waals surface area contributed by atoms with Crippen LogP contribution >= 0.6 is 0 Å². The number of fused-ring (bicyclic) bond motifs is 1. The molecule has 0 unspecified atom stereocenters. The molecule has 3 aromatic rings. The smallest absolute Gasteiger partial charge is 0.244 e. The van der Waals surface area contributed by atoms with Crippen molar-refractivity contribution in [2.24, 2.45) is 0 Å². The summed E-state index contributed by atoms with van der Waals surface area (Å²) in [7, 11) is 1.61. The number of aromatic nitrogens is 1. The summed E-state index contributed by atoms with van der Waals surface area (Å²) in [6, 6.07) is 9.44. The van der Waals surface area contributed by atoms with Gasteiger partial charge in [-0.1, -0.05) is 6.07 Å². The van der Waals surface area contributed by atoms with Gasteiger partial charge in [0.05, 0.1) is 25.6 Å². The number of nitrogens with one attached hydrogen (secondary N) is 1. The molecule has 0 fully saturated rings. The molecule has 0 bridgehead atoms. The fourth-order valence-corrected chi connectivity index (χ4v) is 2.67. The van der Waals surface area contributed by atoms with Gasteiger partial charge in [-0.05, 0) is 43.2 Å². The average molecular weight is 336 g/mol. The van der Waals surface area contributed by atoms with E-state index < -0.39 is 0 Å². The fraction of sp³-hybridized carbons (Fsp3) is 0.200. The largest absolute Gasteiger partial charge is 0.496 e. The summed E-state index contributed by atoms with van der Waals surface area (Å²) in [6.07, 6.45) is 4.99. The number of furan rings is 1. The lowest BCUT2D eigenvalue weighted by Gasteiger charge is -2.10. The summed E-state index contributed by atoms with van der Waals surface area (Å²) < 4.78 is 11.0. The van der Waals surface area contributed by atoms with Gasteiger partial charge >= 0.3 is 0 Å². The van der Waals surface area contributed by atoms with Gasteiger partial charge in [0.2, 0.25) is 5.91 Å². The molecule has 1 amide bonds. The van der Waals surface area contributed by atoms with E-state index in [0.29, 0.717) is 12.3 Å². The molecule has 0 saturated carbocycles. The van der Waals surface area contributed by atoms with Gasteiger partial charge in [0.15, 0.2) is 0 Å². The van der Waals surface area contributed by atoms with Crippen LogP contribution in [0.25, 0.3) is 16.5 Å². The Morgan fingerprint density at radius 3 is 2.92 bits per heavy atom. The molecule has 2 heterocycles. The number of hydrogen-bond acceptors (Lipinski definition) is 4. The molecule has 0 aliphatic heterocycles. The van der Waals surface area contributed by atoms with Crippen molar-refractivity contribution in [3.63, 3.8) is 0 Å². The predicted octanol–water partition coefficient (Wildman–Crippen LogP) is 3.86. The normalized spacial score (nSPS) is 11.6. The van der Waals surface area contributed by atoms with Crippen LogP contribution in [0, 0.1) is 6.92 Å². The van der Waals surface area contributed by atoms with Crippen LogP contribution in [0.1, 0.15) is 23.7 Å². The number of aryl methyl sites for hydroxylation is 1. The van der Waals surface area contributed by atoms with Gasteiger partial charge in [0.1, 0.15) is 11.3 Å². The zero-order chi connectivity index (χ0) is 17.8. The lowest BCUT2D eigenvalue weighted by Crippen LogP contribution is -2.21. The Morgan fingerprint density at radius 1 is 1.36 bits per heavy atom. The Balaban J connectivity index is 1.82. The first kappa shape index (κ1) is 16.8. The molecule has 0 aliphatic carbocycles. The Hall–Kier alpha value is -3.08. The van der Waals surface area contributed by atoms with Crippen molar-refractivity contribution in [3.05, 3.63) is 65.7 Å². The molecule has 1 N–H and O–H groups in total. The topological polar surface area (TPSA) is 64.4 Å². The van der Waals surface area contributed by atoms with Crippen LogP contribution in [0.2, 0.25) is 0 Å². The molecule has 3 rings (SSSR count). The van der Waals surface area contributed by atoms with Crippen LogP contribution in [0.15, 0.2) is 53.3 Å². The highest BCUT2D eigenvalue weighted by Gasteiger charge is 2.12. The van der Waals surface area contributed by atoms with Gasteiger partial charge in [-0.15, -0.1) is 0 Å². The lowest BCUT2D eigenvalue weighted by molar-refractivity contribution is -0.116. The van der Waals surface area contributed by atoms with E-state index in [1.165, 1.54) is 0 Å². The molecule has 0 aliphatic rings. The highest BCUT2D eigenvalue weighted by molar-refractivity contribution is 5.97.